The first kappa shape index (κ1) is 8.81. The number of carbonyl (C=O) groups is 1. The molecule has 0 bridgehead atoms. The average molecular weight is 189 g/mol. The first-order chi connectivity index (χ1) is 6.77. The van der Waals surface area contributed by atoms with Crippen LogP contribution in [0.2, 0.25) is 0 Å². The second-order valence-electron chi connectivity index (χ2n) is 3.16. The van der Waals surface area contributed by atoms with Crippen LogP contribution in [0.25, 0.3) is 10.9 Å². The van der Waals surface area contributed by atoms with Crippen LogP contribution in [0.5, 0.6) is 5.75 Å². The van der Waals surface area contributed by atoms with Gasteiger partial charge in [-0.05, 0) is 13.0 Å². The summed E-state index contributed by atoms with van der Waals surface area (Å²) in [6.45, 7) is 2.71. The number of aldehydes is 1. The third kappa shape index (κ3) is 1.09. The van der Waals surface area contributed by atoms with Gasteiger partial charge in [-0.1, -0.05) is 12.1 Å². The lowest BCUT2D eigenvalue weighted by atomic mass is 10.2. The Hall–Kier alpha value is -1.77. The summed E-state index contributed by atoms with van der Waals surface area (Å²) in [4.78, 5) is 10.8. The van der Waals surface area contributed by atoms with Gasteiger partial charge < -0.3 is 9.67 Å². The van der Waals surface area contributed by atoms with Gasteiger partial charge in [0.05, 0.1) is 5.52 Å². The van der Waals surface area contributed by atoms with Gasteiger partial charge in [0.25, 0.3) is 0 Å². The Kier molecular flexibility index (Phi) is 2.00. The van der Waals surface area contributed by atoms with Crippen molar-refractivity contribution in [2.75, 3.05) is 0 Å². The molecule has 0 aliphatic heterocycles. The molecule has 0 amide bonds. The van der Waals surface area contributed by atoms with Crippen molar-refractivity contribution in [3.05, 3.63) is 30.0 Å². The summed E-state index contributed by atoms with van der Waals surface area (Å²) in [7, 11) is 0. The Morgan fingerprint density at radius 1 is 1.50 bits per heavy atom. The Morgan fingerprint density at radius 2 is 2.29 bits per heavy atom. The zero-order chi connectivity index (χ0) is 10.1. The van der Waals surface area contributed by atoms with Gasteiger partial charge in [-0.2, -0.15) is 0 Å². The van der Waals surface area contributed by atoms with Crippen LogP contribution >= 0.6 is 0 Å². The minimum absolute atomic E-state index is 0.220. The number of aromatic hydroxyl groups is 1. The summed E-state index contributed by atoms with van der Waals surface area (Å²) in [6, 6.07) is 5.21. The molecule has 2 aromatic rings. The molecule has 72 valence electrons. The van der Waals surface area contributed by atoms with Crippen LogP contribution in [0.15, 0.2) is 24.4 Å². The third-order valence-electron chi connectivity index (χ3n) is 2.38. The fourth-order valence-electron chi connectivity index (χ4n) is 1.71. The molecule has 2 rings (SSSR count). The summed E-state index contributed by atoms with van der Waals surface area (Å²) in [5, 5.41) is 10.5. The fourth-order valence-corrected chi connectivity index (χ4v) is 1.71. The van der Waals surface area contributed by atoms with E-state index in [1.807, 2.05) is 17.6 Å². The predicted octanol–water partition coefficient (Wildman–Crippen LogP) is 2.18. The Bertz CT molecular complexity index is 485. The quantitative estimate of drug-likeness (QED) is 0.736. The van der Waals surface area contributed by atoms with Crippen molar-refractivity contribution in [3.8, 4) is 5.75 Å². The molecule has 14 heavy (non-hydrogen) atoms. The normalized spacial score (nSPS) is 10.6. The van der Waals surface area contributed by atoms with Crippen LogP contribution in [0, 0.1) is 0 Å². The SMILES string of the molecule is CCn1cc(C=O)c2cccc(O)c21. The lowest BCUT2D eigenvalue weighted by Crippen LogP contribution is -1.90. The molecule has 0 aliphatic carbocycles. The highest BCUT2D eigenvalue weighted by molar-refractivity contribution is 5.99. The number of hydrogen-bond donors (Lipinski definition) is 1. The molecule has 0 atom stereocenters. The van der Waals surface area contributed by atoms with Gasteiger partial charge in [0.15, 0.2) is 6.29 Å². The number of rotatable bonds is 2. The highest BCUT2D eigenvalue weighted by Gasteiger charge is 2.09. The zero-order valence-corrected chi connectivity index (χ0v) is 7.90. The maximum absolute atomic E-state index is 10.8. The fraction of sp³-hybridized carbons (Fsp3) is 0.182. The van der Waals surface area contributed by atoms with Crippen molar-refractivity contribution in [2.24, 2.45) is 0 Å². The first-order valence-corrected chi connectivity index (χ1v) is 4.54. The molecule has 0 fully saturated rings. The van der Waals surface area contributed by atoms with Crippen LogP contribution in [0.3, 0.4) is 0 Å². The van der Waals surface area contributed by atoms with E-state index in [4.69, 9.17) is 0 Å². The maximum atomic E-state index is 10.8. The van der Waals surface area contributed by atoms with Gasteiger partial charge in [-0.15, -0.1) is 0 Å². The molecule has 1 heterocycles. The van der Waals surface area contributed by atoms with E-state index in [1.54, 1.807) is 18.3 Å². The lowest BCUT2D eigenvalue weighted by Gasteiger charge is -2.01. The molecule has 0 aliphatic rings. The molecule has 3 heteroatoms. The van der Waals surface area contributed by atoms with E-state index in [2.05, 4.69) is 0 Å². The third-order valence-corrected chi connectivity index (χ3v) is 2.38. The van der Waals surface area contributed by atoms with Crippen LogP contribution in [0.1, 0.15) is 17.3 Å². The van der Waals surface area contributed by atoms with Gasteiger partial charge >= 0.3 is 0 Å². The van der Waals surface area contributed by atoms with Crippen LogP contribution in [-0.2, 0) is 6.54 Å². The Morgan fingerprint density at radius 3 is 2.93 bits per heavy atom. The number of hydrogen-bond acceptors (Lipinski definition) is 2. The smallest absolute Gasteiger partial charge is 0.152 e. The predicted molar refractivity (Wildman–Crippen MR) is 54.7 cm³/mol. The molecule has 0 saturated heterocycles. The molecule has 0 radical (unpaired) electrons. The Balaban J connectivity index is 2.88. The van der Waals surface area contributed by atoms with E-state index in [-0.39, 0.29) is 5.75 Å². The monoisotopic (exact) mass is 189 g/mol. The van der Waals surface area contributed by atoms with Crippen molar-refractivity contribution in [2.45, 2.75) is 13.5 Å². The van der Waals surface area contributed by atoms with Crippen LogP contribution in [0.4, 0.5) is 0 Å². The van der Waals surface area contributed by atoms with Crippen LogP contribution < -0.4 is 0 Å². The van der Waals surface area contributed by atoms with Crippen molar-refractivity contribution in [1.29, 1.82) is 0 Å². The number of benzene rings is 1. The summed E-state index contributed by atoms with van der Waals surface area (Å²) in [5.74, 6) is 0.220. The minimum Gasteiger partial charge on any atom is -0.506 e. The number of phenols is 1. The number of aromatic nitrogens is 1. The van der Waals surface area contributed by atoms with Gasteiger partial charge in [-0.3, -0.25) is 4.79 Å². The van der Waals surface area contributed by atoms with Crippen LogP contribution in [-0.4, -0.2) is 16.0 Å². The number of nitrogens with zero attached hydrogens (tertiary/aromatic N) is 1. The van der Waals surface area contributed by atoms with E-state index in [0.29, 0.717) is 5.56 Å². The molecule has 0 spiro atoms. The zero-order valence-electron chi connectivity index (χ0n) is 7.90. The summed E-state index contributed by atoms with van der Waals surface area (Å²) in [5.41, 5.74) is 1.36. The molecule has 3 nitrogen and oxygen atoms in total. The molecule has 0 unspecified atom stereocenters. The number of carbonyl (C=O) groups excluding carboxylic acids is 1. The molecule has 1 aromatic carbocycles. The van der Waals surface area contributed by atoms with Crippen molar-refractivity contribution < 1.29 is 9.90 Å². The van der Waals surface area contributed by atoms with Crippen molar-refractivity contribution in [1.82, 2.24) is 4.57 Å². The maximum Gasteiger partial charge on any atom is 0.152 e. The van der Waals surface area contributed by atoms with Crippen molar-refractivity contribution >= 4 is 17.2 Å². The van der Waals surface area contributed by atoms with E-state index in [1.165, 1.54) is 0 Å². The number of aryl methyl sites for hydroxylation is 1. The van der Waals surface area contributed by atoms with Gasteiger partial charge in [-0.25, -0.2) is 0 Å². The molecule has 0 saturated carbocycles. The van der Waals surface area contributed by atoms with Crippen molar-refractivity contribution in [3.63, 3.8) is 0 Å². The summed E-state index contributed by atoms with van der Waals surface area (Å²) in [6.07, 6.45) is 2.57. The highest BCUT2D eigenvalue weighted by atomic mass is 16.3. The Labute approximate surface area is 81.6 Å². The number of fused-ring (bicyclic) bond motifs is 1. The van der Waals surface area contributed by atoms with Gasteiger partial charge in [0.2, 0.25) is 0 Å². The molecule has 1 N–H and O–H groups in total. The van der Waals surface area contributed by atoms with E-state index >= 15 is 0 Å². The minimum atomic E-state index is 0.220. The van der Waals surface area contributed by atoms with E-state index in [0.717, 1.165) is 23.7 Å². The summed E-state index contributed by atoms with van der Waals surface area (Å²) < 4.78 is 1.87. The highest BCUT2D eigenvalue weighted by Crippen LogP contribution is 2.27. The molecule has 1 aromatic heterocycles. The summed E-state index contributed by atoms with van der Waals surface area (Å²) >= 11 is 0. The number of phenolic OH excluding ortho intramolecular Hbond substituents is 1. The van der Waals surface area contributed by atoms with Gasteiger partial charge in [0.1, 0.15) is 5.75 Å². The van der Waals surface area contributed by atoms with Gasteiger partial charge in [0, 0.05) is 23.7 Å². The second kappa shape index (κ2) is 3.18. The lowest BCUT2D eigenvalue weighted by molar-refractivity contribution is 0.112. The topological polar surface area (TPSA) is 42.2 Å². The average Bonchev–Trinajstić information content (AvgIpc) is 2.57. The molecular weight excluding hydrogens is 178 g/mol. The standard InChI is InChI=1S/C11H11NO2/c1-2-12-6-8(7-13)9-4-3-5-10(14)11(9)12/h3-7,14H,2H2,1H3. The second-order valence-corrected chi connectivity index (χ2v) is 3.16. The largest absolute Gasteiger partial charge is 0.506 e. The van der Waals surface area contributed by atoms with E-state index < -0.39 is 0 Å². The van der Waals surface area contributed by atoms with E-state index in [9.17, 15) is 9.90 Å². The molecular formula is C11H11NO2. The number of para-hydroxylation sites is 1. The first-order valence-electron chi connectivity index (χ1n) is 4.54.